The maximum Gasteiger partial charge on any atom is 0.261 e. The van der Waals surface area contributed by atoms with Gasteiger partial charge < -0.3 is 15.2 Å². The maximum atomic E-state index is 12.4. The van der Waals surface area contributed by atoms with Gasteiger partial charge >= 0.3 is 0 Å². The van der Waals surface area contributed by atoms with Gasteiger partial charge in [0.25, 0.3) is 5.91 Å². The Bertz CT molecular complexity index is 567. The fourth-order valence-electron chi connectivity index (χ4n) is 3.97. The van der Waals surface area contributed by atoms with Crippen LogP contribution in [0.4, 0.5) is 5.69 Å². The van der Waals surface area contributed by atoms with Crippen LogP contribution in [0.15, 0.2) is 24.3 Å². The summed E-state index contributed by atoms with van der Waals surface area (Å²) in [6, 6.07) is 7.46. The van der Waals surface area contributed by atoms with E-state index in [1.807, 2.05) is 24.3 Å². The van der Waals surface area contributed by atoms with Crippen LogP contribution in [0, 0.1) is 5.92 Å². The molecule has 2 aliphatic heterocycles. The van der Waals surface area contributed by atoms with Gasteiger partial charge in [0.05, 0.1) is 5.60 Å². The van der Waals surface area contributed by atoms with Gasteiger partial charge in [-0.2, -0.15) is 0 Å². The average Bonchev–Trinajstić information content (AvgIpc) is 2.71. The zero-order valence-corrected chi connectivity index (χ0v) is 11.4. The van der Waals surface area contributed by atoms with Crippen molar-refractivity contribution >= 4 is 11.6 Å². The molecule has 3 aliphatic rings. The van der Waals surface area contributed by atoms with Crippen LogP contribution in [0.3, 0.4) is 0 Å². The second-order valence-corrected chi connectivity index (χ2v) is 6.34. The monoisotopic (exact) mass is 273 g/mol. The lowest BCUT2D eigenvalue weighted by atomic mass is 9.66. The lowest BCUT2D eigenvalue weighted by molar-refractivity contribution is -0.180. The molecule has 1 saturated carbocycles. The highest BCUT2D eigenvalue weighted by Crippen LogP contribution is 2.51. The molecule has 1 aromatic carbocycles. The van der Waals surface area contributed by atoms with Gasteiger partial charge in [-0.3, -0.25) is 4.79 Å². The zero-order chi connectivity index (χ0) is 13.8. The third-order valence-corrected chi connectivity index (χ3v) is 5.28. The van der Waals surface area contributed by atoms with Gasteiger partial charge in [-0.1, -0.05) is 18.2 Å². The predicted octanol–water partition coefficient (Wildman–Crippen LogP) is 2.18. The van der Waals surface area contributed by atoms with Crippen LogP contribution in [0.25, 0.3) is 0 Å². The molecule has 2 N–H and O–H groups in total. The van der Waals surface area contributed by atoms with E-state index in [2.05, 4.69) is 5.32 Å². The van der Waals surface area contributed by atoms with Crippen LogP contribution in [0.1, 0.15) is 37.7 Å². The predicted molar refractivity (Wildman–Crippen MR) is 74.2 cm³/mol. The van der Waals surface area contributed by atoms with Crippen LogP contribution in [0.5, 0.6) is 0 Å². The first-order chi connectivity index (χ1) is 9.64. The number of para-hydroxylation sites is 1. The molecule has 1 aliphatic carbocycles. The second kappa shape index (κ2) is 4.06. The topological polar surface area (TPSA) is 58.6 Å². The van der Waals surface area contributed by atoms with Gasteiger partial charge in [0.15, 0.2) is 5.60 Å². The van der Waals surface area contributed by atoms with E-state index in [1.165, 1.54) is 6.42 Å². The fraction of sp³-hybridized carbons (Fsp3) is 0.562. The fourth-order valence-corrected chi connectivity index (χ4v) is 3.97. The molecule has 2 atom stereocenters. The number of nitrogens with one attached hydrogen (secondary N) is 1. The van der Waals surface area contributed by atoms with Crippen LogP contribution >= 0.6 is 0 Å². The summed E-state index contributed by atoms with van der Waals surface area (Å²) in [5.41, 5.74) is 0.0138. The van der Waals surface area contributed by atoms with Crippen molar-refractivity contribution in [3.05, 3.63) is 29.8 Å². The van der Waals surface area contributed by atoms with E-state index in [4.69, 9.17) is 4.74 Å². The Morgan fingerprint density at radius 1 is 1.30 bits per heavy atom. The molecule has 2 heterocycles. The van der Waals surface area contributed by atoms with E-state index < -0.39 is 5.60 Å². The molecule has 1 amide bonds. The van der Waals surface area contributed by atoms with E-state index in [-0.39, 0.29) is 17.4 Å². The minimum Gasteiger partial charge on any atom is -0.375 e. The van der Waals surface area contributed by atoms with Crippen LogP contribution < -0.4 is 5.32 Å². The smallest absolute Gasteiger partial charge is 0.261 e. The van der Waals surface area contributed by atoms with Crippen molar-refractivity contribution < 1.29 is 14.6 Å². The number of carbonyl (C=O) groups excluding carboxylic acids is 1. The lowest BCUT2D eigenvalue weighted by Gasteiger charge is -2.49. The zero-order valence-electron chi connectivity index (χ0n) is 11.4. The van der Waals surface area contributed by atoms with Gasteiger partial charge in [-0.15, -0.1) is 0 Å². The van der Waals surface area contributed by atoms with Crippen LogP contribution in [-0.4, -0.2) is 23.2 Å². The number of aliphatic hydroxyl groups is 1. The van der Waals surface area contributed by atoms with Crippen molar-refractivity contribution in [2.24, 2.45) is 5.92 Å². The Balaban J connectivity index is 1.71. The summed E-state index contributed by atoms with van der Waals surface area (Å²) in [7, 11) is 0. The van der Waals surface area contributed by atoms with Crippen molar-refractivity contribution in [3.8, 4) is 0 Å². The first-order valence-electron chi connectivity index (χ1n) is 7.41. The first kappa shape index (κ1) is 12.4. The number of benzene rings is 1. The summed E-state index contributed by atoms with van der Waals surface area (Å²) in [5, 5.41) is 13.9. The van der Waals surface area contributed by atoms with E-state index in [9.17, 15) is 9.90 Å². The Morgan fingerprint density at radius 3 is 2.85 bits per heavy atom. The minimum atomic E-state index is -1.39. The quantitative estimate of drug-likeness (QED) is 0.824. The molecule has 1 aromatic rings. The number of hydrogen-bond acceptors (Lipinski definition) is 3. The number of anilines is 1. The number of hydrogen-bond donors (Lipinski definition) is 2. The largest absolute Gasteiger partial charge is 0.375 e. The SMILES string of the molecule is O=C1Nc2ccccc2C1(O)C1CCOC2(CCC2)C1. The Hall–Kier alpha value is -1.39. The van der Waals surface area contributed by atoms with E-state index >= 15 is 0 Å². The molecule has 20 heavy (non-hydrogen) atoms. The second-order valence-electron chi connectivity index (χ2n) is 6.34. The molecule has 0 radical (unpaired) electrons. The van der Waals surface area contributed by atoms with E-state index in [1.54, 1.807) is 0 Å². The summed E-state index contributed by atoms with van der Waals surface area (Å²) >= 11 is 0. The van der Waals surface area contributed by atoms with Crippen LogP contribution in [-0.2, 0) is 15.1 Å². The Labute approximate surface area is 118 Å². The summed E-state index contributed by atoms with van der Waals surface area (Å²) in [6.07, 6.45) is 4.82. The molecule has 0 aromatic heterocycles. The number of rotatable bonds is 1. The van der Waals surface area contributed by atoms with Gasteiger partial charge in [0.1, 0.15) is 0 Å². The number of carbonyl (C=O) groups is 1. The van der Waals surface area contributed by atoms with Gasteiger partial charge in [-0.25, -0.2) is 0 Å². The molecule has 4 nitrogen and oxygen atoms in total. The highest BCUT2D eigenvalue weighted by Gasteiger charge is 2.55. The lowest BCUT2D eigenvalue weighted by Crippen LogP contribution is -2.52. The molecule has 106 valence electrons. The minimum absolute atomic E-state index is 0.0554. The molecular weight excluding hydrogens is 254 g/mol. The molecule has 1 spiro atoms. The summed E-state index contributed by atoms with van der Waals surface area (Å²) < 4.78 is 5.92. The number of amides is 1. The van der Waals surface area contributed by atoms with Crippen molar-refractivity contribution in [1.82, 2.24) is 0 Å². The third kappa shape index (κ3) is 1.52. The summed E-state index contributed by atoms with van der Waals surface area (Å²) in [5.74, 6) is -0.333. The highest BCUT2D eigenvalue weighted by molar-refractivity contribution is 6.05. The molecule has 2 fully saturated rings. The summed E-state index contributed by atoms with van der Waals surface area (Å²) in [6.45, 7) is 0.641. The maximum absolute atomic E-state index is 12.4. The normalized spacial score (nSPS) is 34.5. The molecule has 0 bridgehead atoms. The van der Waals surface area contributed by atoms with Crippen molar-refractivity contribution in [3.63, 3.8) is 0 Å². The van der Waals surface area contributed by atoms with Crippen molar-refractivity contribution in [1.29, 1.82) is 0 Å². The van der Waals surface area contributed by atoms with Gasteiger partial charge in [0.2, 0.25) is 0 Å². The standard InChI is InChI=1S/C16H19NO3/c18-14-16(19,12-4-1-2-5-13(12)17-14)11-6-9-20-15(10-11)7-3-8-15/h1-2,4-5,11,19H,3,6-10H2,(H,17,18). The molecule has 4 heteroatoms. The molecular formula is C16H19NO3. The molecule has 4 rings (SSSR count). The van der Waals surface area contributed by atoms with E-state index in [0.717, 1.165) is 36.9 Å². The van der Waals surface area contributed by atoms with Crippen molar-refractivity contribution in [2.45, 2.75) is 43.3 Å². The van der Waals surface area contributed by atoms with Crippen molar-refractivity contribution in [2.75, 3.05) is 11.9 Å². The summed E-state index contributed by atoms with van der Waals surface area (Å²) in [4.78, 5) is 12.4. The van der Waals surface area contributed by atoms with Crippen LogP contribution in [0.2, 0.25) is 0 Å². The molecule has 2 unspecified atom stereocenters. The number of fused-ring (bicyclic) bond motifs is 1. The third-order valence-electron chi connectivity index (χ3n) is 5.28. The van der Waals surface area contributed by atoms with E-state index in [0.29, 0.717) is 6.61 Å². The average molecular weight is 273 g/mol. The Morgan fingerprint density at radius 2 is 2.10 bits per heavy atom. The first-order valence-corrected chi connectivity index (χ1v) is 7.41. The number of ether oxygens (including phenoxy) is 1. The molecule has 1 saturated heterocycles. The highest BCUT2D eigenvalue weighted by atomic mass is 16.5. The Kier molecular flexibility index (Phi) is 2.51. The van der Waals surface area contributed by atoms with Gasteiger partial charge in [0, 0.05) is 23.8 Å². The van der Waals surface area contributed by atoms with Gasteiger partial charge in [-0.05, 0) is 38.2 Å².